The average molecular weight is 625 g/mol. The summed E-state index contributed by atoms with van der Waals surface area (Å²) in [4.78, 5) is 55.1. The first-order valence-electron chi connectivity index (χ1n) is 15.4. The van der Waals surface area contributed by atoms with Crippen LogP contribution in [0, 0.1) is 13.8 Å². The predicted molar refractivity (Wildman–Crippen MR) is 178 cm³/mol. The van der Waals surface area contributed by atoms with E-state index in [1.807, 2.05) is 32.1 Å². The molecule has 8 bridgehead atoms. The first kappa shape index (κ1) is 32.4. The molecule has 2 aliphatic rings. The summed E-state index contributed by atoms with van der Waals surface area (Å²) in [6.45, 7) is 14.0. The van der Waals surface area contributed by atoms with E-state index in [2.05, 4.69) is 36.5 Å². The van der Waals surface area contributed by atoms with Gasteiger partial charge in [0.2, 0.25) is 0 Å². The highest BCUT2D eigenvalue weighted by molar-refractivity contribution is 6.24. The molecular formula is C36H40N4O6. The van der Waals surface area contributed by atoms with Crippen LogP contribution in [0.15, 0.2) is 24.8 Å². The lowest BCUT2D eigenvalue weighted by molar-refractivity contribution is -0.141. The lowest BCUT2D eigenvalue weighted by Crippen LogP contribution is -2.14. The number of carboxylic acids is 1. The minimum absolute atomic E-state index is 0.00198. The van der Waals surface area contributed by atoms with E-state index in [1.54, 1.807) is 6.92 Å². The number of methoxy groups -OCH3 is 2. The van der Waals surface area contributed by atoms with Gasteiger partial charge in [-0.05, 0) is 74.1 Å². The van der Waals surface area contributed by atoms with Crippen LogP contribution in [0.4, 0.5) is 0 Å². The van der Waals surface area contributed by atoms with Crippen molar-refractivity contribution in [1.29, 1.82) is 0 Å². The maximum Gasteiger partial charge on any atom is 0.338 e. The first-order valence-corrected chi connectivity index (χ1v) is 15.4. The molecule has 46 heavy (non-hydrogen) atoms. The summed E-state index contributed by atoms with van der Waals surface area (Å²) >= 11 is 0. The van der Waals surface area contributed by atoms with Crippen molar-refractivity contribution >= 4 is 57.2 Å². The molecule has 0 aliphatic carbocycles. The number of aromatic amines is 2. The average Bonchev–Trinajstić information content (AvgIpc) is 3.71. The van der Waals surface area contributed by atoms with E-state index in [4.69, 9.17) is 19.4 Å². The van der Waals surface area contributed by atoms with Crippen molar-refractivity contribution in [2.75, 3.05) is 14.2 Å². The number of carboxylic acid groups (broad SMARTS) is 1. The fourth-order valence-corrected chi connectivity index (χ4v) is 6.69. The normalized spacial score (nSPS) is 16.0. The second-order valence-corrected chi connectivity index (χ2v) is 11.9. The summed E-state index contributed by atoms with van der Waals surface area (Å²) in [5.74, 6) is -2.59. The van der Waals surface area contributed by atoms with Crippen LogP contribution in [0.5, 0.6) is 0 Å². The Labute approximate surface area is 267 Å². The number of carbonyl (C=O) groups excluding carboxylic acids is 2. The number of aromatic nitrogens is 4. The van der Waals surface area contributed by atoms with Gasteiger partial charge < -0.3 is 24.5 Å². The van der Waals surface area contributed by atoms with E-state index in [1.165, 1.54) is 14.2 Å². The number of aliphatic carboxylic acids is 1. The maximum atomic E-state index is 12.9. The van der Waals surface area contributed by atoms with Gasteiger partial charge in [0, 0.05) is 57.1 Å². The number of aryl methyl sites for hydroxylation is 3. The van der Waals surface area contributed by atoms with Crippen LogP contribution >= 0.6 is 0 Å². The van der Waals surface area contributed by atoms with Crippen molar-refractivity contribution in [3.63, 3.8) is 0 Å². The molecule has 240 valence electrons. The van der Waals surface area contributed by atoms with Crippen LogP contribution in [-0.2, 0) is 36.7 Å². The molecule has 3 aromatic rings. The zero-order valence-electron chi connectivity index (χ0n) is 27.4. The summed E-state index contributed by atoms with van der Waals surface area (Å²) in [5.41, 5.74) is 10.3. The third-order valence-electron chi connectivity index (χ3n) is 9.38. The molecule has 0 aromatic carbocycles. The number of hydrogen-bond donors (Lipinski definition) is 3. The van der Waals surface area contributed by atoms with Gasteiger partial charge in [-0.3, -0.25) is 14.6 Å². The smallest absolute Gasteiger partial charge is 0.338 e. The van der Waals surface area contributed by atoms with E-state index in [0.29, 0.717) is 28.9 Å². The molecule has 2 atom stereocenters. The molecule has 0 saturated heterocycles. The number of fused-ring (bicyclic) bond motifs is 8. The molecule has 3 N–H and O–H groups in total. The highest BCUT2D eigenvalue weighted by atomic mass is 16.5. The topological polar surface area (TPSA) is 147 Å². The molecule has 3 aromatic heterocycles. The van der Waals surface area contributed by atoms with Gasteiger partial charge >= 0.3 is 17.9 Å². The summed E-state index contributed by atoms with van der Waals surface area (Å²) < 4.78 is 10.0. The van der Waals surface area contributed by atoms with E-state index in [-0.39, 0.29) is 41.9 Å². The fourth-order valence-electron chi connectivity index (χ4n) is 6.69. The van der Waals surface area contributed by atoms with Crippen LogP contribution in [0.2, 0.25) is 0 Å². The molecule has 0 radical (unpaired) electrons. The van der Waals surface area contributed by atoms with E-state index < -0.39 is 11.9 Å². The lowest BCUT2D eigenvalue weighted by atomic mass is 9.84. The zero-order valence-corrected chi connectivity index (χ0v) is 27.4. The van der Waals surface area contributed by atoms with Gasteiger partial charge in [0.05, 0.1) is 43.3 Å². The molecule has 0 saturated carbocycles. The predicted octanol–water partition coefficient (Wildman–Crippen LogP) is 6.71. The molecule has 5 heterocycles. The second kappa shape index (κ2) is 12.8. The Bertz CT molecular complexity index is 1980. The maximum absolute atomic E-state index is 12.9. The quantitative estimate of drug-likeness (QED) is 0.234. The summed E-state index contributed by atoms with van der Waals surface area (Å²) in [6.07, 6.45) is 2.83. The lowest BCUT2D eigenvalue weighted by Gasteiger charge is -2.18. The van der Waals surface area contributed by atoms with Crippen molar-refractivity contribution in [2.45, 2.75) is 72.1 Å². The summed E-state index contributed by atoms with van der Waals surface area (Å²) in [7, 11) is 2.63. The van der Waals surface area contributed by atoms with Crippen LogP contribution in [0.1, 0.15) is 96.0 Å². The van der Waals surface area contributed by atoms with Gasteiger partial charge in [-0.1, -0.05) is 26.5 Å². The number of nitrogens with one attached hydrogen (secondary N) is 2. The largest absolute Gasteiger partial charge is 0.478 e. The van der Waals surface area contributed by atoms with E-state index in [9.17, 15) is 19.5 Å². The minimum Gasteiger partial charge on any atom is -0.478 e. The standard InChI is InChI=1S/C36H40N4O6/c1-9-21-17(3)25-14-27-19(5)23(11-12-31(41)45-7)34(39-27)24(13-32(42)46-8)35-33(36(43)44)20(6)28(40-35)16-30-22(10-2)18(4)26(38-30)15-29(21)37-25/h9,14-16,19,23,37-38H,1,10-13H2,2-8H3,(H,43,44)/t19-,23-/m0/s1. The summed E-state index contributed by atoms with van der Waals surface area (Å²) in [6, 6.07) is 5.92. The highest BCUT2D eigenvalue weighted by Gasteiger charge is 2.35. The molecule has 2 aliphatic heterocycles. The Morgan fingerprint density at radius 1 is 0.935 bits per heavy atom. The highest BCUT2D eigenvalue weighted by Crippen LogP contribution is 2.44. The number of ether oxygens (including phenoxy) is 2. The monoisotopic (exact) mass is 624 g/mol. The van der Waals surface area contributed by atoms with Crippen molar-refractivity contribution in [2.24, 2.45) is 0 Å². The number of allylic oxidation sites excluding steroid dienone is 1. The van der Waals surface area contributed by atoms with E-state index >= 15 is 0 Å². The van der Waals surface area contributed by atoms with Gasteiger partial charge in [-0.15, -0.1) is 0 Å². The molecule has 0 amide bonds. The Morgan fingerprint density at radius 2 is 1.61 bits per heavy atom. The molecule has 10 nitrogen and oxygen atoms in total. The molecule has 0 spiro atoms. The SMILES string of the molecule is C=Cc1c(C)c2cc3nc(c(CC(=O)OC)c4nc(cc5[nH]c(cc1[nH]2)c(C)c5CC)C(C)=C4C(=O)O)[C@@H](CCC(=O)OC)[C@@H]3C. The third-order valence-corrected chi connectivity index (χ3v) is 9.38. The fraction of sp³-hybridized carbons (Fsp3) is 0.361. The number of carbonyl (C=O) groups is 3. The van der Waals surface area contributed by atoms with Crippen molar-refractivity contribution < 1.29 is 29.0 Å². The molecule has 10 heteroatoms. The number of esters is 2. The molecule has 0 fully saturated rings. The zero-order chi connectivity index (χ0) is 33.4. The van der Waals surface area contributed by atoms with Gasteiger partial charge in [0.1, 0.15) is 0 Å². The van der Waals surface area contributed by atoms with Crippen molar-refractivity contribution in [3.05, 3.63) is 75.4 Å². The van der Waals surface area contributed by atoms with Gasteiger partial charge in [0.15, 0.2) is 0 Å². The van der Waals surface area contributed by atoms with Crippen molar-refractivity contribution in [1.82, 2.24) is 19.9 Å². The van der Waals surface area contributed by atoms with Gasteiger partial charge in [0.25, 0.3) is 0 Å². The number of rotatable bonds is 8. The first-order chi connectivity index (χ1) is 21.9. The van der Waals surface area contributed by atoms with Gasteiger partial charge in [-0.2, -0.15) is 0 Å². The van der Waals surface area contributed by atoms with Crippen LogP contribution in [-0.4, -0.2) is 57.2 Å². The molecule has 0 unspecified atom stereocenters. The number of H-pyrrole nitrogens is 2. The molecular weight excluding hydrogens is 584 g/mol. The molecule has 5 rings (SSSR count). The second-order valence-electron chi connectivity index (χ2n) is 11.9. The van der Waals surface area contributed by atoms with Crippen LogP contribution in [0.3, 0.4) is 0 Å². The number of nitrogens with zero attached hydrogens (tertiary/aromatic N) is 2. The Kier molecular flexibility index (Phi) is 9.01. The Balaban J connectivity index is 2.01. The van der Waals surface area contributed by atoms with Crippen LogP contribution < -0.4 is 0 Å². The van der Waals surface area contributed by atoms with E-state index in [0.717, 1.165) is 56.4 Å². The third kappa shape index (κ3) is 5.63. The van der Waals surface area contributed by atoms with Gasteiger partial charge in [-0.25, -0.2) is 9.78 Å². The Hall–Kier alpha value is -4.99. The number of hydrogen-bond acceptors (Lipinski definition) is 7. The van der Waals surface area contributed by atoms with Crippen LogP contribution in [0.25, 0.3) is 39.3 Å². The Morgan fingerprint density at radius 3 is 2.24 bits per heavy atom. The minimum atomic E-state index is -1.16. The van der Waals surface area contributed by atoms with Crippen molar-refractivity contribution in [3.8, 4) is 0 Å². The summed E-state index contributed by atoms with van der Waals surface area (Å²) in [5, 5.41) is 10.5.